The number of aromatic nitrogens is 4. The average molecular weight is 323 g/mol. The number of anilines is 1. The summed E-state index contributed by atoms with van der Waals surface area (Å²) in [6.07, 6.45) is 5.08. The molecule has 0 saturated carbocycles. The standard InChI is InChI=1S/C17H17N5O2/c1-2-24-14-6-4-13(5-7-14)10-17(23)21-15-11-16(19-12-18-15)22-9-3-8-20-22/h3-9,11-12H,2,10H2,1H3,(H,18,19,21,23). The first kappa shape index (κ1) is 15.7. The third kappa shape index (κ3) is 3.95. The van der Waals surface area contributed by atoms with Crippen LogP contribution in [-0.4, -0.2) is 32.3 Å². The van der Waals surface area contributed by atoms with Gasteiger partial charge in [0.05, 0.1) is 13.0 Å². The van der Waals surface area contributed by atoms with Gasteiger partial charge in [-0.25, -0.2) is 14.6 Å². The fourth-order valence-corrected chi connectivity index (χ4v) is 2.19. The Morgan fingerprint density at radius 1 is 1.25 bits per heavy atom. The van der Waals surface area contributed by atoms with Crippen molar-refractivity contribution >= 4 is 11.7 Å². The normalized spacial score (nSPS) is 10.4. The van der Waals surface area contributed by atoms with E-state index in [0.717, 1.165) is 11.3 Å². The fourth-order valence-electron chi connectivity index (χ4n) is 2.19. The van der Waals surface area contributed by atoms with Gasteiger partial charge in [0.2, 0.25) is 5.91 Å². The number of nitrogens with zero attached hydrogens (tertiary/aromatic N) is 4. The minimum Gasteiger partial charge on any atom is -0.494 e. The molecule has 1 amide bonds. The van der Waals surface area contributed by atoms with Crippen molar-refractivity contribution in [2.24, 2.45) is 0 Å². The molecule has 0 atom stereocenters. The van der Waals surface area contributed by atoms with Crippen LogP contribution >= 0.6 is 0 Å². The third-order valence-electron chi connectivity index (χ3n) is 3.26. The molecule has 7 heteroatoms. The Labute approximate surface area is 139 Å². The number of ether oxygens (including phenoxy) is 1. The maximum atomic E-state index is 12.2. The molecule has 3 aromatic rings. The fraction of sp³-hybridized carbons (Fsp3) is 0.176. The molecular weight excluding hydrogens is 306 g/mol. The summed E-state index contributed by atoms with van der Waals surface area (Å²) in [5.41, 5.74) is 0.900. The Morgan fingerprint density at radius 3 is 2.79 bits per heavy atom. The van der Waals surface area contributed by atoms with Gasteiger partial charge < -0.3 is 10.1 Å². The molecule has 0 saturated heterocycles. The summed E-state index contributed by atoms with van der Waals surface area (Å²) in [6, 6.07) is 10.9. The molecule has 0 spiro atoms. The Morgan fingerprint density at radius 2 is 2.08 bits per heavy atom. The van der Waals surface area contributed by atoms with Crippen LogP contribution in [0.3, 0.4) is 0 Å². The molecule has 1 aromatic carbocycles. The second-order valence-electron chi connectivity index (χ2n) is 5.01. The average Bonchev–Trinajstić information content (AvgIpc) is 3.12. The SMILES string of the molecule is CCOc1ccc(CC(=O)Nc2cc(-n3cccn3)ncn2)cc1. The minimum absolute atomic E-state index is 0.149. The summed E-state index contributed by atoms with van der Waals surface area (Å²) in [5.74, 6) is 1.67. The van der Waals surface area contributed by atoms with E-state index in [-0.39, 0.29) is 12.3 Å². The molecule has 0 aliphatic carbocycles. The summed E-state index contributed by atoms with van der Waals surface area (Å²) in [5, 5.41) is 6.87. The molecular formula is C17H17N5O2. The number of hydrogen-bond acceptors (Lipinski definition) is 5. The molecule has 0 fully saturated rings. The van der Waals surface area contributed by atoms with Crippen molar-refractivity contribution in [2.45, 2.75) is 13.3 Å². The summed E-state index contributed by atoms with van der Waals surface area (Å²) in [6.45, 7) is 2.55. The van der Waals surface area contributed by atoms with E-state index in [2.05, 4.69) is 20.4 Å². The summed E-state index contributed by atoms with van der Waals surface area (Å²) >= 11 is 0. The maximum absolute atomic E-state index is 12.2. The predicted molar refractivity (Wildman–Crippen MR) is 89.1 cm³/mol. The first-order chi connectivity index (χ1) is 11.7. The van der Waals surface area contributed by atoms with Gasteiger partial charge in [-0.1, -0.05) is 12.1 Å². The minimum atomic E-state index is -0.149. The number of carbonyl (C=O) groups excluding carboxylic acids is 1. The number of rotatable bonds is 6. The Hall–Kier alpha value is -3.22. The van der Waals surface area contributed by atoms with Crippen molar-refractivity contribution < 1.29 is 9.53 Å². The van der Waals surface area contributed by atoms with Gasteiger partial charge in [-0.15, -0.1) is 0 Å². The molecule has 3 rings (SSSR count). The predicted octanol–water partition coefficient (Wildman–Crippen LogP) is 2.24. The van der Waals surface area contributed by atoms with Crippen molar-refractivity contribution in [3.05, 3.63) is 60.7 Å². The lowest BCUT2D eigenvalue weighted by atomic mass is 10.1. The quantitative estimate of drug-likeness (QED) is 0.752. The van der Waals surface area contributed by atoms with Gasteiger partial charge in [-0.3, -0.25) is 4.79 Å². The zero-order valence-corrected chi connectivity index (χ0v) is 13.2. The summed E-state index contributed by atoms with van der Waals surface area (Å²) in [4.78, 5) is 20.4. The number of carbonyl (C=O) groups is 1. The highest BCUT2D eigenvalue weighted by atomic mass is 16.5. The molecule has 24 heavy (non-hydrogen) atoms. The zero-order valence-electron chi connectivity index (χ0n) is 13.2. The van der Waals surface area contributed by atoms with E-state index < -0.39 is 0 Å². The zero-order chi connectivity index (χ0) is 16.8. The first-order valence-electron chi connectivity index (χ1n) is 7.58. The highest BCUT2D eigenvalue weighted by Gasteiger charge is 2.07. The molecule has 0 bridgehead atoms. The van der Waals surface area contributed by atoms with Gasteiger partial charge in [-0.05, 0) is 30.7 Å². The molecule has 2 aromatic heterocycles. The number of amides is 1. The highest BCUT2D eigenvalue weighted by molar-refractivity contribution is 5.91. The lowest BCUT2D eigenvalue weighted by molar-refractivity contribution is -0.115. The third-order valence-corrected chi connectivity index (χ3v) is 3.26. The van der Waals surface area contributed by atoms with Crippen LogP contribution in [0, 0.1) is 0 Å². The first-order valence-corrected chi connectivity index (χ1v) is 7.58. The van der Waals surface area contributed by atoms with E-state index in [1.807, 2.05) is 31.2 Å². The summed E-state index contributed by atoms with van der Waals surface area (Å²) in [7, 11) is 0. The number of hydrogen-bond donors (Lipinski definition) is 1. The van der Waals surface area contributed by atoms with E-state index >= 15 is 0 Å². The van der Waals surface area contributed by atoms with Crippen molar-refractivity contribution in [2.75, 3.05) is 11.9 Å². The van der Waals surface area contributed by atoms with Crippen LogP contribution in [0.1, 0.15) is 12.5 Å². The van der Waals surface area contributed by atoms with Crippen molar-refractivity contribution in [3.63, 3.8) is 0 Å². The van der Waals surface area contributed by atoms with Gasteiger partial charge in [-0.2, -0.15) is 5.10 Å². The van der Waals surface area contributed by atoms with Crippen LogP contribution in [0.2, 0.25) is 0 Å². The Kier molecular flexibility index (Phi) is 4.81. The van der Waals surface area contributed by atoms with Crippen LogP contribution in [0.4, 0.5) is 5.82 Å². The van der Waals surface area contributed by atoms with Crippen molar-refractivity contribution in [1.82, 2.24) is 19.7 Å². The lowest BCUT2D eigenvalue weighted by Crippen LogP contribution is -2.16. The topological polar surface area (TPSA) is 81.9 Å². The van der Waals surface area contributed by atoms with Crippen LogP contribution in [0.15, 0.2) is 55.1 Å². The number of nitrogens with one attached hydrogen (secondary N) is 1. The van der Waals surface area contributed by atoms with Gasteiger partial charge in [0.1, 0.15) is 17.9 Å². The van der Waals surface area contributed by atoms with Crippen LogP contribution in [0.5, 0.6) is 5.75 Å². The largest absolute Gasteiger partial charge is 0.494 e. The van der Waals surface area contributed by atoms with E-state index in [4.69, 9.17) is 4.74 Å². The molecule has 1 N–H and O–H groups in total. The lowest BCUT2D eigenvalue weighted by Gasteiger charge is -2.07. The molecule has 0 aliphatic heterocycles. The van der Waals surface area contributed by atoms with E-state index in [9.17, 15) is 4.79 Å². The van der Waals surface area contributed by atoms with Gasteiger partial charge >= 0.3 is 0 Å². The van der Waals surface area contributed by atoms with Crippen LogP contribution in [-0.2, 0) is 11.2 Å². The van der Waals surface area contributed by atoms with Crippen LogP contribution in [0.25, 0.3) is 5.82 Å². The highest BCUT2D eigenvalue weighted by Crippen LogP contribution is 2.13. The molecule has 0 radical (unpaired) electrons. The van der Waals surface area contributed by atoms with Crippen molar-refractivity contribution in [3.8, 4) is 11.6 Å². The van der Waals surface area contributed by atoms with Crippen molar-refractivity contribution in [1.29, 1.82) is 0 Å². The molecule has 7 nitrogen and oxygen atoms in total. The summed E-state index contributed by atoms with van der Waals surface area (Å²) < 4.78 is 6.99. The van der Waals surface area contributed by atoms with Gasteiger partial charge in [0.15, 0.2) is 5.82 Å². The smallest absolute Gasteiger partial charge is 0.229 e. The number of benzene rings is 1. The van der Waals surface area contributed by atoms with Gasteiger partial charge in [0.25, 0.3) is 0 Å². The second kappa shape index (κ2) is 7.36. The Bertz CT molecular complexity index is 800. The molecule has 0 aliphatic rings. The second-order valence-corrected chi connectivity index (χ2v) is 5.01. The molecule has 122 valence electrons. The van der Waals surface area contributed by atoms with E-state index in [1.165, 1.54) is 6.33 Å². The maximum Gasteiger partial charge on any atom is 0.229 e. The van der Waals surface area contributed by atoms with Crippen LogP contribution < -0.4 is 10.1 Å². The monoisotopic (exact) mass is 323 g/mol. The Balaban J connectivity index is 1.63. The van der Waals surface area contributed by atoms with E-state index in [0.29, 0.717) is 18.2 Å². The molecule has 2 heterocycles. The van der Waals surface area contributed by atoms with Gasteiger partial charge in [0, 0.05) is 18.5 Å². The van der Waals surface area contributed by atoms with E-state index in [1.54, 1.807) is 29.2 Å². The molecule has 0 unspecified atom stereocenters.